The maximum atomic E-state index is 15.9. The number of allylic oxidation sites excluding steroid dienone is 1. The van der Waals surface area contributed by atoms with Gasteiger partial charge in [-0.3, -0.25) is 4.79 Å². The second-order valence-corrected chi connectivity index (χ2v) is 8.84. The van der Waals surface area contributed by atoms with Gasteiger partial charge in [-0.15, -0.1) is 0 Å². The number of nitrogens with two attached hydrogens (primary N) is 2. The zero-order chi connectivity index (χ0) is 21.3. The Kier molecular flexibility index (Phi) is 4.25. The maximum Gasteiger partial charge on any atom is 0.523 e. The lowest BCUT2D eigenvalue weighted by molar-refractivity contribution is 0.103. The molecule has 1 aliphatic carbocycles. The molecular formula is C20H25F2N4O3+. The monoisotopic (exact) mass is 407 g/mol. The highest BCUT2D eigenvalue weighted by atomic mass is 19.1. The Hall–Kier alpha value is -2.52. The van der Waals surface area contributed by atoms with E-state index in [-0.39, 0.29) is 17.3 Å². The number of hydrogen-bond acceptors (Lipinski definition) is 5. The van der Waals surface area contributed by atoms with Crippen LogP contribution in [0.15, 0.2) is 12.3 Å². The molecular weight excluding hydrogens is 382 g/mol. The standard InChI is InChI=1S/C20H24F2N4O3/c1-20(2,24)10-5-7-25(9-10)17-14(21)16(23)13-12(27)6-8-26(19(28)29,11-3-4-11)18(13)15(17)22/h6,8,10-11H,3-5,7,9,24H2,1-2H3,(H2-,23,27,28,29)/p+1/t10?,26-/m1/s1. The minimum Gasteiger partial charge on any atom is -0.435 e. The van der Waals surface area contributed by atoms with E-state index in [0.717, 1.165) is 6.08 Å². The summed E-state index contributed by atoms with van der Waals surface area (Å²) in [6.07, 6.45) is 2.67. The van der Waals surface area contributed by atoms with Gasteiger partial charge in [0.1, 0.15) is 23.5 Å². The highest BCUT2D eigenvalue weighted by Gasteiger charge is 2.58. The minimum atomic E-state index is -1.32. The van der Waals surface area contributed by atoms with Crippen LogP contribution in [0.1, 0.15) is 43.5 Å². The Morgan fingerprint density at radius 3 is 2.45 bits per heavy atom. The lowest BCUT2D eigenvalue weighted by Crippen LogP contribution is -2.53. The highest BCUT2D eigenvalue weighted by molar-refractivity contribution is 6.16. The van der Waals surface area contributed by atoms with Gasteiger partial charge in [0.15, 0.2) is 17.3 Å². The van der Waals surface area contributed by atoms with Gasteiger partial charge in [-0.2, -0.15) is 13.7 Å². The van der Waals surface area contributed by atoms with Crippen molar-refractivity contribution in [2.75, 3.05) is 23.7 Å². The van der Waals surface area contributed by atoms with Gasteiger partial charge >= 0.3 is 6.09 Å². The van der Waals surface area contributed by atoms with E-state index >= 15 is 8.78 Å². The van der Waals surface area contributed by atoms with Crippen LogP contribution in [-0.4, -0.2) is 41.7 Å². The Morgan fingerprint density at radius 1 is 1.28 bits per heavy atom. The minimum absolute atomic E-state index is 0.00207. The van der Waals surface area contributed by atoms with E-state index in [0.29, 0.717) is 32.4 Å². The number of anilines is 2. The van der Waals surface area contributed by atoms with Crippen LogP contribution in [0.4, 0.5) is 30.6 Å². The number of carbonyl (C=O) groups excluding carboxylic acids is 1. The van der Waals surface area contributed by atoms with Gasteiger partial charge in [0.05, 0.1) is 5.69 Å². The molecule has 7 nitrogen and oxygen atoms in total. The van der Waals surface area contributed by atoms with E-state index in [4.69, 9.17) is 11.5 Å². The first-order chi connectivity index (χ1) is 13.5. The van der Waals surface area contributed by atoms with Crippen molar-refractivity contribution in [3.05, 3.63) is 29.5 Å². The Bertz CT molecular complexity index is 952. The molecule has 1 aromatic rings. The van der Waals surface area contributed by atoms with Crippen LogP contribution >= 0.6 is 0 Å². The fourth-order valence-corrected chi connectivity index (χ4v) is 4.57. The second kappa shape index (κ2) is 6.24. The summed E-state index contributed by atoms with van der Waals surface area (Å²) in [5.74, 6) is -2.75. The molecule has 0 radical (unpaired) electrons. The molecule has 2 fully saturated rings. The van der Waals surface area contributed by atoms with Gasteiger partial charge in [-0.1, -0.05) is 0 Å². The maximum absolute atomic E-state index is 15.9. The van der Waals surface area contributed by atoms with Crippen LogP contribution in [0.5, 0.6) is 0 Å². The summed E-state index contributed by atoms with van der Waals surface area (Å²) in [7, 11) is 0. The Morgan fingerprint density at radius 2 is 1.93 bits per heavy atom. The number of hydrogen-bond donors (Lipinski definition) is 3. The first-order valence-corrected chi connectivity index (χ1v) is 9.70. The van der Waals surface area contributed by atoms with Crippen molar-refractivity contribution in [1.82, 2.24) is 4.48 Å². The number of quaternary nitrogens is 1. The molecule has 4 rings (SSSR count). The van der Waals surface area contributed by atoms with E-state index in [2.05, 4.69) is 0 Å². The molecule has 9 heteroatoms. The van der Waals surface area contributed by atoms with Crippen LogP contribution in [0.2, 0.25) is 0 Å². The van der Waals surface area contributed by atoms with Crippen molar-refractivity contribution in [2.45, 2.75) is 44.7 Å². The summed E-state index contributed by atoms with van der Waals surface area (Å²) in [4.78, 5) is 26.2. The van der Waals surface area contributed by atoms with Crippen LogP contribution in [0.3, 0.4) is 0 Å². The molecule has 0 spiro atoms. The molecule has 2 heterocycles. The Balaban J connectivity index is 1.93. The summed E-state index contributed by atoms with van der Waals surface area (Å²) >= 11 is 0. The van der Waals surface area contributed by atoms with Crippen molar-refractivity contribution >= 4 is 28.9 Å². The van der Waals surface area contributed by atoms with Gasteiger partial charge in [0.25, 0.3) is 0 Å². The smallest absolute Gasteiger partial charge is 0.435 e. The molecule has 1 saturated carbocycles. The molecule has 1 saturated heterocycles. The van der Waals surface area contributed by atoms with Crippen LogP contribution in [0.25, 0.3) is 0 Å². The molecule has 5 N–H and O–H groups in total. The molecule has 1 aromatic carbocycles. The van der Waals surface area contributed by atoms with Gasteiger partial charge in [0.2, 0.25) is 5.82 Å². The van der Waals surface area contributed by atoms with E-state index in [9.17, 15) is 14.7 Å². The number of ketones is 1. The summed E-state index contributed by atoms with van der Waals surface area (Å²) in [6.45, 7) is 4.39. The summed E-state index contributed by atoms with van der Waals surface area (Å²) in [6, 6.07) is -0.419. The number of halogens is 2. The fraction of sp³-hybridized carbons (Fsp3) is 0.500. The quantitative estimate of drug-likeness (QED) is 0.525. The summed E-state index contributed by atoms with van der Waals surface area (Å²) in [5, 5.41) is 10.0. The first-order valence-electron chi connectivity index (χ1n) is 9.70. The summed E-state index contributed by atoms with van der Waals surface area (Å²) in [5.41, 5.74) is 9.94. The fourth-order valence-electron chi connectivity index (χ4n) is 4.57. The number of benzene rings is 1. The van der Waals surface area contributed by atoms with Crippen molar-refractivity contribution < 1.29 is 23.5 Å². The van der Waals surface area contributed by atoms with Crippen molar-refractivity contribution in [2.24, 2.45) is 11.7 Å². The third-order valence-corrected chi connectivity index (χ3v) is 6.44. The lowest BCUT2D eigenvalue weighted by Gasteiger charge is -2.34. The lowest BCUT2D eigenvalue weighted by atomic mass is 9.88. The number of amides is 1. The van der Waals surface area contributed by atoms with Crippen molar-refractivity contribution in [3.63, 3.8) is 0 Å². The van der Waals surface area contributed by atoms with Crippen molar-refractivity contribution in [1.29, 1.82) is 0 Å². The normalized spacial score (nSPS) is 26.7. The van der Waals surface area contributed by atoms with E-state index < -0.39 is 50.8 Å². The molecule has 3 aliphatic rings. The number of nitrogens with zero attached hydrogens (tertiary/aromatic N) is 2. The van der Waals surface area contributed by atoms with Gasteiger partial charge in [-0.05, 0) is 26.2 Å². The van der Waals surface area contributed by atoms with Crippen LogP contribution in [-0.2, 0) is 0 Å². The van der Waals surface area contributed by atoms with E-state index in [1.54, 1.807) is 0 Å². The summed E-state index contributed by atoms with van der Waals surface area (Å²) < 4.78 is 30.2. The third-order valence-electron chi connectivity index (χ3n) is 6.44. The predicted octanol–water partition coefficient (Wildman–Crippen LogP) is 2.97. The second-order valence-electron chi connectivity index (χ2n) is 8.84. The predicted molar refractivity (Wildman–Crippen MR) is 106 cm³/mol. The zero-order valence-corrected chi connectivity index (χ0v) is 16.4. The van der Waals surface area contributed by atoms with E-state index in [1.807, 2.05) is 13.8 Å². The molecule has 2 aliphatic heterocycles. The molecule has 1 unspecified atom stereocenters. The number of carboxylic acid groups (broad SMARTS) is 1. The molecule has 0 bridgehead atoms. The molecule has 2 atom stereocenters. The first kappa shape index (κ1) is 19.8. The van der Waals surface area contributed by atoms with Gasteiger partial charge < -0.3 is 21.5 Å². The topological polar surface area (TPSA) is 110 Å². The number of nitrogen functional groups attached to an aromatic ring is 1. The van der Waals surface area contributed by atoms with Crippen molar-refractivity contribution in [3.8, 4) is 0 Å². The van der Waals surface area contributed by atoms with E-state index in [1.165, 1.54) is 11.1 Å². The van der Waals surface area contributed by atoms with Crippen LogP contribution in [0, 0.1) is 17.6 Å². The zero-order valence-electron chi connectivity index (χ0n) is 16.4. The number of fused-ring (bicyclic) bond motifs is 1. The van der Waals surface area contributed by atoms with Crippen LogP contribution < -0.4 is 20.9 Å². The largest absolute Gasteiger partial charge is 0.523 e. The van der Waals surface area contributed by atoms with Gasteiger partial charge in [-0.25, -0.2) is 4.39 Å². The Labute approximate surface area is 167 Å². The van der Waals surface area contributed by atoms with Gasteiger partial charge in [0, 0.05) is 37.5 Å². The molecule has 29 heavy (non-hydrogen) atoms. The molecule has 0 aromatic heterocycles. The number of rotatable bonds is 3. The molecule has 1 amide bonds. The number of carbonyl (C=O) groups is 2. The average Bonchev–Trinajstić information content (AvgIpc) is 3.36. The molecule has 156 valence electrons. The third kappa shape index (κ3) is 2.75. The SMILES string of the molecule is CC(C)(N)C1CCN(c2c(F)c(N)c3c(c2F)[N@+](C(=O)O)(C2CC2)C=CC3=O)C1. The average molecular weight is 407 g/mol. The highest BCUT2D eigenvalue weighted by Crippen LogP contribution is 2.50.